The number of nitrogens with one attached hydrogen (secondary N) is 1. The van der Waals surface area contributed by atoms with E-state index in [0.29, 0.717) is 23.7 Å². The lowest BCUT2D eigenvalue weighted by Gasteiger charge is -2.28. The number of benzene rings is 1. The molecule has 6 heteroatoms. The average Bonchev–Trinajstić information content (AvgIpc) is 2.89. The molecule has 0 atom stereocenters. The molecule has 1 aromatic rings. The molecular formula is C14H18N2O4. The van der Waals surface area contributed by atoms with Crippen molar-refractivity contribution < 1.29 is 19.4 Å². The maximum atomic E-state index is 12.0. The Hall–Kier alpha value is -1.79. The highest BCUT2D eigenvalue weighted by molar-refractivity contribution is 5.92. The summed E-state index contributed by atoms with van der Waals surface area (Å²) >= 11 is 0. The van der Waals surface area contributed by atoms with Gasteiger partial charge in [0.2, 0.25) is 12.7 Å². The molecule has 0 spiro atoms. The highest BCUT2D eigenvalue weighted by atomic mass is 16.7. The van der Waals surface area contributed by atoms with E-state index in [2.05, 4.69) is 10.2 Å². The molecule has 6 nitrogen and oxygen atoms in total. The minimum Gasteiger partial charge on any atom is -0.454 e. The van der Waals surface area contributed by atoms with Crippen LogP contribution >= 0.6 is 0 Å². The Morgan fingerprint density at radius 3 is 2.85 bits per heavy atom. The quantitative estimate of drug-likeness (QED) is 0.856. The number of amides is 1. The lowest BCUT2D eigenvalue weighted by Crippen LogP contribution is -2.40. The van der Waals surface area contributed by atoms with Crippen molar-refractivity contribution in [2.75, 3.05) is 31.7 Å². The Kier molecular flexibility index (Phi) is 3.75. The molecule has 2 aliphatic rings. The Morgan fingerprint density at radius 1 is 1.30 bits per heavy atom. The number of carbonyl (C=O) groups is 1. The smallest absolute Gasteiger partial charge is 0.238 e. The molecule has 1 saturated heterocycles. The normalized spacial score (nSPS) is 19.1. The van der Waals surface area contributed by atoms with E-state index in [1.165, 1.54) is 0 Å². The van der Waals surface area contributed by atoms with E-state index in [1.807, 2.05) is 0 Å². The van der Waals surface area contributed by atoms with Crippen molar-refractivity contribution >= 4 is 11.6 Å². The Labute approximate surface area is 117 Å². The highest BCUT2D eigenvalue weighted by Crippen LogP contribution is 2.34. The molecule has 0 aromatic heterocycles. The van der Waals surface area contributed by atoms with Gasteiger partial charge in [0.1, 0.15) is 0 Å². The topological polar surface area (TPSA) is 71.0 Å². The summed E-state index contributed by atoms with van der Waals surface area (Å²) < 4.78 is 10.5. The number of likely N-dealkylation sites (tertiary alicyclic amines) is 1. The first-order valence-corrected chi connectivity index (χ1v) is 6.80. The van der Waals surface area contributed by atoms with E-state index in [1.54, 1.807) is 18.2 Å². The van der Waals surface area contributed by atoms with Crippen molar-refractivity contribution in [2.45, 2.75) is 18.9 Å². The van der Waals surface area contributed by atoms with Crippen molar-refractivity contribution in [2.24, 2.45) is 0 Å². The second-order valence-electron chi connectivity index (χ2n) is 5.12. The van der Waals surface area contributed by atoms with E-state index >= 15 is 0 Å². The summed E-state index contributed by atoms with van der Waals surface area (Å²) in [7, 11) is 0. The van der Waals surface area contributed by atoms with Gasteiger partial charge in [0.25, 0.3) is 0 Å². The predicted octanol–water partition coefficient (Wildman–Crippen LogP) is 0.810. The maximum absolute atomic E-state index is 12.0. The molecule has 3 rings (SSSR count). The molecule has 20 heavy (non-hydrogen) atoms. The number of ether oxygens (including phenoxy) is 2. The van der Waals surface area contributed by atoms with Gasteiger partial charge in [-0.3, -0.25) is 9.69 Å². The van der Waals surface area contributed by atoms with Gasteiger partial charge in [-0.15, -0.1) is 0 Å². The van der Waals surface area contributed by atoms with Crippen LogP contribution in [0.3, 0.4) is 0 Å². The molecule has 108 valence electrons. The molecule has 0 radical (unpaired) electrons. The first-order chi connectivity index (χ1) is 9.70. The standard InChI is InChI=1S/C14H18N2O4/c17-11-3-5-16(6-4-11)8-14(18)15-10-1-2-12-13(7-10)20-9-19-12/h1-2,7,11,17H,3-6,8-9H2,(H,15,18). The SMILES string of the molecule is O=C(CN1CCC(O)CC1)Nc1ccc2c(c1)OCO2. The van der Waals surface area contributed by atoms with E-state index in [-0.39, 0.29) is 18.8 Å². The van der Waals surface area contributed by atoms with Crippen LogP contribution in [-0.2, 0) is 4.79 Å². The predicted molar refractivity (Wildman–Crippen MR) is 72.9 cm³/mol. The zero-order chi connectivity index (χ0) is 13.9. The molecule has 0 bridgehead atoms. The number of piperidine rings is 1. The number of carbonyl (C=O) groups excluding carboxylic acids is 1. The van der Waals surface area contributed by atoms with Gasteiger partial charge in [-0.25, -0.2) is 0 Å². The number of aliphatic hydroxyl groups is 1. The molecule has 1 fully saturated rings. The number of hydrogen-bond acceptors (Lipinski definition) is 5. The van der Waals surface area contributed by atoms with Crippen molar-refractivity contribution in [3.63, 3.8) is 0 Å². The number of rotatable bonds is 3. The third kappa shape index (κ3) is 3.02. The summed E-state index contributed by atoms with van der Waals surface area (Å²) in [6.45, 7) is 2.09. The zero-order valence-corrected chi connectivity index (χ0v) is 11.2. The van der Waals surface area contributed by atoms with Crippen molar-refractivity contribution in [1.82, 2.24) is 4.90 Å². The van der Waals surface area contributed by atoms with E-state index in [4.69, 9.17) is 9.47 Å². The molecular weight excluding hydrogens is 260 g/mol. The Balaban J connectivity index is 1.54. The molecule has 0 saturated carbocycles. The molecule has 2 aliphatic heterocycles. The van der Waals surface area contributed by atoms with Crippen LogP contribution in [0.1, 0.15) is 12.8 Å². The summed E-state index contributed by atoms with van der Waals surface area (Å²) in [5.41, 5.74) is 0.705. The van der Waals surface area contributed by atoms with Crippen molar-refractivity contribution in [3.05, 3.63) is 18.2 Å². The summed E-state index contributed by atoms with van der Waals surface area (Å²) in [5.74, 6) is 1.30. The van der Waals surface area contributed by atoms with Gasteiger partial charge in [-0.05, 0) is 25.0 Å². The highest BCUT2D eigenvalue weighted by Gasteiger charge is 2.19. The van der Waals surface area contributed by atoms with Gasteiger partial charge in [-0.2, -0.15) is 0 Å². The van der Waals surface area contributed by atoms with Gasteiger partial charge in [-0.1, -0.05) is 0 Å². The monoisotopic (exact) mass is 278 g/mol. The zero-order valence-electron chi connectivity index (χ0n) is 11.2. The number of fused-ring (bicyclic) bond motifs is 1. The summed E-state index contributed by atoms with van der Waals surface area (Å²) in [4.78, 5) is 14.0. The fourth-order valence-electron chi connectivity index (χ4n) is 2.46. The third-order valence-electron chi connectivity index (χ3n) is 3.58. The van der Waals surface area contributed by atoms with Crippen LogP contribution in [0.2, 0.25) is 0 Å². The van der Waals surface area contributed by atoms with Crippen LogP contribution < -0.4 is 14.8 Å². The van der Waals surface area contributed by atoms with Gasteiger partial charge < -0.3 is 19.9 Å². The van der Waals surface area contributed by atoms with Gasteiger partial charge in [0.15, 0.2) is 11.5 Å². The molecule has 0 aliphatic carbocycles. The maximum Gasteiger partial charge on any atom is 0.238 e. The van der Waals surface area contributed by atoms with E-state index in [9.17, 15) is 9.90 Å². The second-order valence-corrected chi connectivity index (χ2v) is 5.12. The minimum absolute atomic E-state index is 0.0553. The summed E-state index contributed by atoms with van der Waals surface area (Å²) in [6, 6.07) is 5.35. The van der Waals surface area contributed by atoms with Gasteiger partial charge in [0.05, 0.1) is 12.6 Å². The van der Waals surface area contributed by atoms with E-state index in [0.717, 1.165) is 25.9 Å². The van der Waals surface area contributed by atoms with Crippen LogP contribution in [0.4, 0.5) is 5.69 Å². The molecule has 2 N–H and O–H groups in total. The van der Waals surface area contributed by atoms with Crippen LogP contribution in [-0.4, -0.2) is 48.4 Å². The lowest BCUT2D eigenvalue weighted by atomic mass is 10.1. The van der Waals surface area contributed by atoms with Crippen LogP contribution in [0.15, 0.2) is 18.2 Å². The first-order valence-electron chi connectivity index (χ1n) is 6.80. The van der Waals surface area contributed by atoms with Crippen molar-refractivity contribution in [3.8, 4) is 11.5 Å². The van der Waals surface area contributed by atoms with E-state index < -0.39 is 0 Å². The first kappa shape index (κ1) is 13.2. The lowest BCUT2D eigenvalue weighted by molar-refractivity contribution is -0.117. The number of nitrogens with zero attached hydrogens (tertiary/aromatic N) is 1. The largest absolute Gasteiger partial charge is 0.454 e. The molecule has 2 heterocycles. The summed E-state index contributed by atoms with van der Waals surface area (Å²) in [6.07, 6.45) is 1.25. The fourth-order valence-corrected chi connectivity index (χ4v) is 2.46. The molecule has 1 aromatic carbocycles. The number of anilines is 1. The van der Waals surface area contributed by atoms with Crippen molar-refractivity contribution in [1.29, 1.82) is 0 Å². The van der Waals surface area contributed by atoms with Crippen LogP contribution in [0.25, 0.3) is 0 Å². The summed E-state index contributed by atoms with van der Waals surface area (Å²) in [5, 5.41) is 12.3. The number of hydrogen-bond donors (Lipinski definition) is 2. The van der Waals surface area contributed by atoms with Gasteiger partial charge in [0, 0.05) is 24.8 Å². The molecule has 0 unspecified atom stereocenters. The average molecular weight is 278 g/mol. The number of aliphatic hydroxyl groups excluding tert-OH is 1. The minimum atomic E-state index is -0.219. The Bertz CT molecular complexity index is 498. The molecule has 1 amide bonds. The van der Waals surface area contributed by atoms with Crippen LogP contribution in [0.5, 0.6) is 11.5 Å². The second kappa shape index (κ2) is 5.68. The fraction of sp³-hybridized carbons (Fsp3) is 0.500. The van der Waals surface area contributed by atoms with Gasteiger partial charge >= 0.3 is 0 Å². The third-order valence-corrected chi connectivity index (χ3v) is 3.58. The Morgan fingerprint density at radius 2 is 2.05 bits per heavy atom. The van der Waals surface area contributed by atoms with Crippen LogP contribution in [0, 0.1) is 0 Å².